The lowest BCUT2D eigenvalue weighted by Crippen LogP contribution is -2.09. The normalized spacial score (nSPS) is 13.0. The van der Waals surface area contributed by atoms with Gasteiger partial charge in [0.15, 0.2) is 5.78 Å². The zero-order chi connectivity index (χ0) is 9.30. The smallest absolute Gasteiger partial charge is 0.182 e. The Morgan fingerprint density at radius 2 is 2.25 bits per heavy atom. The molecule has 0 N–H and O–H groups in total. The lowest BCUT2D eigenvalue weighted by atomic mass is 10.2. The molecule has 0 saturated carbocycles. The Labute approximate surface area is 96.4 Å². The minimum absolute atomic E-state index is 0.0505. The lowest BCUT2D eigenvalue weighted by molar-refractivity contribution is 0.0991. The summed E-state index contributed by atoms with van der Waals surface area (Å²) in [6.45, 7) is 1.67. The molecule has 0 radical (unpaired) electrons. The van der Waals surface area contributed by atoms with E-state index in [0.717, 1.165) is 7.57 Å². The molecule has 1 rings (SSSR count). The van der Waals surface area contributed by atoms with Gasteiger partial charge in [-0.3, -0.25) is 4.79 Å². The average molecular weight is 332 g/mol. The van der Waals surface area contributed by atoms with Crippen molar-refractivity contribution in [1.29, 1.82) is 0 Å². The Balaban J connectivity index is 3.02. The predicted octanol–water partition coefficient (Wildman–Crippen LogP) is 4.08. The summed E-state index contributed by atoms with van der Waals surface area (Å²) in [5.41, 5.74) is 0.648. The fourth-order valence-corrected chi connectivity index (χ4v) is 3.66. The summed E-state index contributed by atoms with van der Waals surface area (Å²) in [5, 5.41) is -0.470. The molecule has 0 aromatic carbocycles. The number of Topliss-reactive ketones (excluding diaryl/α,β-unsaturated/α-hetero) is 1. The predicted molar refractivity (Wildman–Crippen MR) is 59.4 cm³/mol. The van der Waals surface area contributed by atoms with Crippen molar-refractivity contribution in [2.75, 3.05) is 0 Å². The number of halogens is 3. The van der Waals surface area contributed by atoms with E-state index in [-0.39, 0.29) is 5.78 Å². The number of hydrogen-bond acceptors (Lipinski definition) is 2. The van der Waals surface area contributed by atoms with Crippen LogP contribution in [-0.2, 0) is 0 Å². The summed E-state index contributed by atoms with van der Waals surface area (Å²) >= 11 is 13.7. The first kappa shape index (κ1) is 10.7. The number of carbonyl (C=O) groups excluding carboxylic acids is 1. The second-order valence-electron chi connectivity index (χ2n) is 2.22. The van der Waals surface area contributed by atoms with Crippen LogP contribution in [0.4, 0.5) is 0 Å². The van der Waals surface area contributed by atoms with Gasteiger partial charge in [0.1, 0.15) is 0 Å². The largest absolute Gasteiger partial charge is 0.292 e. The minimum Gasteiger partial charge on any atom is -0.292 e. The van der Waals surface area contributed by atoms with E-state index >= 15 is 0 Å². The van der Waals surface area contributed by atoms with Crippen LogP contribution in [0, 0.1) is 0 Å². The summed E-state index contributed by atoms with van der Waals surface area (Å²) in [6, 6.07) is 1.77. The van der Waals surface area contributed by atoms with Crippen LogP contribution in [0.2, 0.25) is 0 Å². The van der Waals surface area contributed by atoms with E-state index in [9.17, 15) is 4.79 Å². The summed E-state index contributed by atoms with van der Waals surface area (Å²) < 4.78 is 1.75. The monoisotopic (exact) mass is 330 g/mol. The number of hydrogen-bond donors (Lipinski definition) is 0. The minimum atomic E-state index is -0.470. The number of alkyl halides is 1. The maximum Gasteiger partial charge on any atom is 0.182 e. The summed E-state index contributed by atoms with van der Waals surface area (Å²) in [7, 11) is 0. The van der Waals surface area contributed by atoms with Gasteiger partial charge in [0.25, 0.3) is 0 Å². The van der Waals surface area contributed by atoms with E-state index in [1.165, 1.54) is 11.3 Å². The Kier molecular flexibility index (Phi) is 3.76. The van der Waals surface area contributed by atoms with Crippen molar-refractivity contribution in [3.8, 4) is 0 Å². The van der Waals surface area contributed by atoms with Crippen LogP contribution in [0.25, 0.3) is 0 Å². The number of carbonyl (C=O) groups is 1. The standard InChI is InChI=1S/C7H5Br2ClOS/c1-3(10)6(11)4-2-5(8)12-7(4)9/h2-3H,1H3. The molecule has 1 aromatic rings. The van der Waals surface area contributed by atoms with Crippen molar-refractivity contribution in [3.63, 3.8) is 0 Å². The van der Waals surface area contributed by atoms with Crippen LogP contribution in [0.5, 0.6) is 0 Å². The number of thiophene rings is 1. The zero-order valence-corrected chi connectivity index (χ0v) is 10.8. The Morgan fingerprint density at radius 1 is 1.67 bits per heavy atom. The molecule has 0 amide bonds. The summed E-state index contributed by atoms with van der Waals surface area (Å²) in [6.07, 6.45) is 0. The van der Waals surface area contributed by atoms with Crippen molar-refractivity contribution in [3.05, 3.63) is 19.2 Å². The van der Waals surface area contributed by atoms with E-state index in [0.29, 0.717) is 5.56 Å². The van der Waals surface area contributed by atoms with Gasteiger partial charge in [-0.2, -0.15) is 0 Å². The molecule has 0 fully saturated rings. The summed E-state index contributed by atoms with van der Waals surface area (Å²) in [5.74, 6) is -0.0505. The molecule has 1 heterocycles. The molecule has 0 saturated heterocycles. The fourth-order valence-electron chi connectivity index (χ4n) is 0.723. The number of ketones is 1. The first-order chi connectivity index (χ1) is 5.52. The Hall–Kier alpha value is 0.620. The highest BCUT2D eigenvalue weighted by Crippen LogP contribution is 2.32. The molecule has 66 valence electrons. The topological polar surface area (TPSA) is 17.1 Å². The fraction of sp³-hybridized carbons (Fsp3) is 0.286. The van der Waals surface area contributed by atoms with Gasteiger partial charge in [0.05, 0.1) is 12.9 Å². The van der Waals surface area contributed by atoms with Crippen molar-refractivity contribution >= 4 is 60.6 Å². The third-order valence-electron chi connectivity index (χ3n) is 1.28. The maximum atomic E-state index is 11.4. The quantitative estimate of drug-likeness (QED) is 0.589. The van der Waals surface area contributed by atoms with Gasteiger partial charge in [-0.1, -0.05) is 0 Å². The van der Waals surface area contributed by atoms with Gasteiger partial charge in [0.2, 0.25) is 0 Å². The van der Waals surface area contributed by atoms with Crippen molar-refractivity contribution in [1.82, 2.24) is 0 Å². The molecule has 5 heteroatoms. The van der Waals surface area contributed by atoms with E-state index in [2.05, 4.69) is 31.9 Å². The van der Waals surface area contributed by atoms with Gasteiger partial charge < -0.3 is 0 Å². The number of rotatable bonds is 2. The molecule has 0 aliphatic heterocycles. The molecule has 1 aromatic heterocycles. The van der Waals surface area contributed by atoms with Gasteiger partial charge >= 0.3 is 0 Å². The molecule has 1 unspecified atom stereocenters. The molecule has 0 bridgehead atoms. The van der Waals surface area contributed by atoms with E-state index in [1.807, 2.05) is 0 Å². The SMILES string of the molecule is CC(Cl)C(=O)c1cc(Br)sc1Br. The van der Waals surface area contributed by atoms with Crippen LogP contribution < -0.4 is 0 Å². The van der Waals surface area contributed by atoms with Crippen LogP contribution >= 0.6 is 54.8 Å². The molecule has 1 nitrogen and oxygen atoms in total. The lowest BCUT2D eigenvalue weighted by Gasteiger charge is -1.98. The highest BCUT2D eigenvalue weighted by molar-refractivity contribution is 9.12. The Bertz CT molecular complexity index is 308. The van der Waals surface area contributed by atoms with Crippen molar-refractivity contribution < 1.29 is 4.79 Å². The second kappa shape index (κ2) is 4.22. The molecular weight excluding hydrogens is 327 g/mol. The third kappa shape index (κ3) is 2.31. The Morgan fingerprint density at radius 3 is 2.58 bits per heavy atom. The van der Waals surface area contributed by atoms with Crippen LogP contribution in [0.3, 0.4) is 0 Å². The van der Waals surface area contributed by atoms with E-state index in [1.54, 1.807) is 13.0 Å². The van der Waals surface area contributed by atoms with Crippen molar-refractivity contribution in [2.24, 2.45) is 0 Å². The second-order valence-corrected chi connectivity index (χ2v) is 6.62. The highest BCUT2D eigenvalue weighted by atomic mass is 79.9. The molecular formula is C7H5Br2ClOS. The van der Waals surface area contributed by atoms with Crippen LogP contribution in [0.1, 0.15) is 17.3 Å². The molecule has 0 aliphatic rings. The van der Waals surface area contributed by atoms with Crippen LogP contribution in [0.15, 0.2) is 13.6 Å². The van der Waals surface area contributed by atoms with Gasteiger partial charge in [-0.15, -0.1) is 22.9 Å². The van der Waals surface area contributed by atoms with E-state index in [4.69, 9.17) is 11.6 Å². The zero-order valence-electron chi connectivity index (χ0n) is 6.11. The molecule has 0 spiro atoms. The van der Waals surface area contributed by atoms with Crippen LogP contribution in [-0.4, -0.2) is 11.2 Å². The molecule has 12 heavy (non-hydrogen) atoms. The van der Waals surface area contributed by atoms with Gasteiger partial charge in [-0.05, 0) is 44.8 Å². The first-order valence-electron chi connectivity index (χ1n) is 3.15. The molecule has 1 atom stereocenters. The first-order valence-corrected chi connectivity index (χ1v) is 5.99. The van der Waals surface area contributed by atoms with E-state index < -0.39 is 5.38 Å². The molecule has 0 aliphatic carbocycles. The van der Waals surface area contributed by atoms with Gasteiger partial charge in [0, 0.05) is 5.56 Å². The van der Waals surface area contributed by atoms with Crippen molar-refractivity contribution in [2.45, 2.75) is 12.3 Å². The maximum absolute atomic E-state index is 11.4. The average Bonchev–Trinajstić information content (AvgIpc) is 2.28. The third-order valence-corrected chi connectivity index (χ3v) is 3.82. The summed E-state index contributed by atoms with van der Waals surface area (Å²) in [4.78, 5) is 11.4. The highest BCUT2D eigenvalue weighted by Gasteiger charge is 2.17. The van der Waals surface area contributed by atoms with Gasteiger partial charge in [-0.25, -0.2) is 0 Å².